The Balaban J connectivity index is 2.48. The van der Waals surface area contributed by atoms with Gasteiger partial charge in [-0.25, -0.2) is 4.79 Å². The van der Waals surface area contributed by atoms with Crippen LogP contribution in [0.3, 0.4) is 0 Å². The Hall–Kier alpha value is -2.35. The molecule has 0 atom stereocenters. The number of hydrogen-bond donors (Lipinski definition) is 1. The molecule has 0 fully saturated rings. The van der Waals surface area contributed by atoms with Crippen molar-refractivity contribution in [2.24, 2.45) is 0 Å². The summed E-state index contributed by atoms with van der Waals surface area (Å²) < 4.78 is 0. The Kier molecular flexibility index (Phi) is 3.58. The molecule has 0 saturated heterocycles. The normalized spacial score (nSPS) is 10.3. The molecule has 90 valence electrons. The SMILES string of the molecule is C=C(C(=O)O)C(c1ccccc1)c1ccccc1. The first-order chi connectivity index (χ1) is 8.70. The summed E-state index contributed by atoms with van der Waals surface area (Å²) in [5.74, 6) is -1.27. The first-order valence-corrected chi connectivity index (χ1v) is 5.72. The quantitative estimate of drug-likeness (QED) is 0.828. The van der Waals surface area contributed by atoms with Crippen LogP contribution in [0.4, 0.5) is 0 Å². The molecule has 2 rings (SSSR count). The van der Waals surface area contributed by atoms with Crippen LogP contribution >= 0.6 is 0 Å². The molecule has 0 bridgehead atoms. The van der Waals surface area contributed by atoms with Crippen LogP contribution < -0.4 is 0 Å². The van der Waals surface area contributed by atoms with Gasteiger partial charge in [-0.05, 0) is 11.1 Å². The molecule has 1 N–H and O–H groups in total. The largest absolute Gasteiger partial charge is 0.478 e. The van der Waals surface area contributed by atoms with Gasteiger partial charge < -0.3 is 5.11 Å². The summed E-state index contributed by atoms with van der Waals surface area (Å²) in [6.07, 6.45) is 0. The molecule has 0 radical (unpaired) electrons. The van der Waals surface area contributed by atoms with E-state index in [0.717, 1.165) is 11.1 Å². The lowest BCUT2D eigenvalue weighted by Crippen LogP contribution is -2.11. The van der Waals surface area contributed by atoms with Gasteiger partial charge >= 0.3 is 5.97 Å². The molecule has 0 saturated carbocycles. The molecular weight excluding hydrogens is 224 g/mol. The molecule has 0 heterocycles. The van der Waals surface area contributed by atoms with E-state index >= 15 is 0 Å². The second-order valence-corrected chi connectivity index (χ2v) is 4.08. The Labute approximate surface area is 106 Å². The fourth-order valence-electron chi connectivity index (χ4n) is 2.01. The van der Waals surface area contributed by atoms with Gasteiger partial charge in [-0.3, -0.25) is 0 Å². The summed E-state index contributed by atoms with van der Waals surface area (Å²) >= 11 is 0. The molecule has 2 aromatic rings. The molecule has 2 nitrogen and oxygen atoms in total. The monoisotopic (exact) mass is 238 g/mol. The Morgan fingerprint density at radius 2 is 1.28 bits per heavy atom. The third-order valence-corrected chi connectivity index (χ3v) is 2.89. The predicted molar refractivity (Wildman–Crippen MR) is 71.5 cm³/mol. The molecule has 2 aromatic carbocycles. The first-order valence-electron chi connectivity index (χ1n) is 5.72. The van der Waals surface area contributed by atoms with Gasteiger partial charge in [0.05, 0.1) is 0 Å². The van der Waals surface area contributed by atoms with E-state index in [1.54, 1.807) is 0 Å². The smallest absolute Gasteiger partial charge is 0.331 e. The summed E-state index contributed by atoms with van der Waals surface area (Å²) in [4.78, 5) is 11.2. The third-order valence-electron chi connectivity index (χ3n) is 2.89. The standard InChI is InChI=1S/C16H14O2/c1-12(16(17)18)15(13-8-4-2-5-9-13)14-10-6-3-7-11-14/h2-11,15H,1H2,(H,17,18). The zero-order chi connectivity index (χ0) is 13.0. The van der Waals surface area contributed by atoms with E-state index in [-0.39, 0.29) is 11.5 Å². The molecule has 0 spiro atoms. The fraction of sp³-hybridized carbons (Fsp3) is 0.0625. The van der Waals surface area contributed by atoms with Crippen molar-refractivity contribution in [3.05, 3.63) is 83.9 Å². The maximum atomic E-state index is 11.2. The van der Waals surface area contributed by atoms with E-state index in [4.69, 9.17) is 0 Å². The topological polar surface area (TPSA) is 37.3 Å². The molecule has 0 amide bonds. The highest BCUT2D eigenvalue weighted by Gasteiger charge is 2.21. The van der Waals surface area contributed by atoms with Crippen LogP contribution in [0.25, 0.3) is 0 Å². The summed E-state index contributed by atoms with van der Waals surface area (Å²) in [6.45, 7) is 3.71. The van der Waals surface area contributed by atoms with E-state index in [9.17, 15) is 9.90 Å². The van der Waals surface area contributed by atoms with Crippen molar-refractivity contribution in [2.45, 2.75) is 5.92 Å². The molecular formula is C16H14O2. The summed E-state index contributed by atoms with van der Waals surface area (Å²) in [5, 5.41) is 9.18. The van der Waals surface area contributed by atoms with Gasteiger partial charge in [-0.2, -0.15) is 0 Å². The summed E-state index contributed by atoms with van der Waals surface area (Å²) in [7, 11) is 0. The lowest BCUT2D eigenvalue weighted by molar-refractivity contribution is -0.132. The highest BCUT2D eigenvalue weighted by molar-refractivity contribution is 5.88. The number of carboxylic acids is 1. The molecule has 0 aromatic heterocycles. The van der Waals surface area contributed by atoms with Crippen molar-refractivity contribution < 1.29 is 9.90 Å². The number of hydrogen-bond acceptors (Lipinski definition) is 1. The van der Waals surface area contributed by atoms with Gasteiger partial charge in [0.25, 0.3) is 0 Å². The zero-order valence-corrected chi connectivity index (χ0v) is 9.91. The fourth-order valence-corrected chi connectivity index (χ4v) is 2.01. The van der Waals surface area contributed by atoms with Crippen molar-refractivity contribution in [3.63, 3.8) is 0 Å². The lowest BCUT2D eigenvalue weighted by Gasteiger charge is -2.18. The summed E-state index contributed by atoms with van der Waals surface area (Å²) in [5.41, 5.74) is 2.07. The van der Waals surface area contributed by atoms with Gasteiger partial charge in [-0.1, -0.05) is 67.2 Å². The van der Waals surface area contributed by atoms with Gasteiger partial charge in [0.15, 0.2) is 0 Å². The maximum absolute atomic E-state index is 11.2. The number of rotatable bonds is 4. The van der Waals surface area contributed by atoms with E-state index in [1.807, 2.05) is 60.7 Å². The second kappa shape index (κ2) is 5.32. The highest BCUT2D eigenvalue weighted by Crippen LogP contribution is 2.30. The van der Waals surface area contributed by atoms with Crippen LogP contribution in [0.1, 0.15) is 17.0 Å². The van der Waals surface area contributed by atoms with Crippen LogP contribution in [0.5, 0.6) is 0 Å². The maximum Gasteiger partial charge on any atom is 0.331 e. The van der Waals surface area contributed by atoms with Crippen LogP contribution in [-0.2, 0) is 4.79 Å². The van der Waals surface area contributed by atoms with Crippen molar-refractivity contribution in [1.29, 1.82) is 0 Å². The van der Waals surface area contributed by atoms with E-state index in [0.29, 0.717) is 0 Å². The molecule has 0 aliphatic heterocycles. The molecule has 0 unspecified atom stereocenters. The van der Waals surface area contributed by atoms with Crippen LogP contribution in [0, 0.1) is 0 Å². The minimum atomic E-state index is -0.965. The minimum Gasteiger partial charge on any atom is -0.478 e. The predicted octanol–water partition coefficient (Wildman–Crippen LogP) is 3.46. The average Bonchev–Trinajstić information content (AvgIpc) is 2.41. The average molecular weight is 238 g/mol. The van der Waals surface area contributed by atoms with Crippen molar-refractivity contribution in [1.82, 2.24) is 0 Å². The van der Waals surface area contributed by atoms with Crippen LogP contribution in [0.2, 0.25) is 0 Å². The molecule has 0 aliphatic carbocycles. The molecule has 0 aliphatic rings. The van der Waals surface area contributed by atoms with Crippen molar-refractivity contribution in [2.75, 3.05) is 0 Å². The second-order valence-electron chi connectivity index (χ2n) is 4.08. The minimum absolute atomic E-state index is 0.187. The van der Waals surface area contributed by atoms with Crippen molar-refractivity contribution in [3.8, 4) is 0 Å². The lowest BCUT2D eigenvalue weighted by atomic mass is 9.85. The zero-order valence-electron chi connectivity index (χ0n) is 9.91. The van der Waals surface area contributed by atoms with Gasteiger partial charge in [-0.15, -0.1) is 0 Å². The highest BCUT2D eigenvalue weighted by atomic mass is 16.4. The first kappa shape index (κ1) is 12.1. The Morgan fingerprint density at radius 1 is 0.889 bits per heavy atom. The molecule has 18 heavy (non-hydrogen) atoms. The van der Waals surface area contributed by atoms with Crippen molar-refractivity contribution >= 4 is 5.97 Å². The van der Waals surface area contributed by atoms with E-state index < -0.39 is 5.97 Å². The Morgan fingerprint density at radius 3 is 1.61 bits per heavy atom. The number of carbonyl (C=O) groups is 1. The third kappa shape index (κ3) is 2.48. The Bertz CT molecular complexity index is 504. The van der Waals surface area contributed by atoms with Crippen LogP contribution in [0.15, 0.2) is 72.8 Å². The van der Waals surface area contributed by atoms with E-state index in [2.05, 4.69) is 6.58 Å². The van der Waals surface area contributed by atoms with E-state index in [1.165, 1.54) is 0 Å². The van der Waals surface area contributed by atoms with Gasteiger partial charge in [0.1, 0.15) is 0 Å². The van der Waals surface area contributed by atoms with Gasteiger partial charge in [0, 0.05) is 11.5 Å². The van der Waals surface area contributed by atoms with Crippen LogP contribution in [-0.4, -0.2) is 11.1 Å². The number of carboxylic acid groups (broad SMARTS) is 1. The number of benzene rings is 2. The number of aliphatic carboxylic acids is 1. The molecule has 2 heteroatoms. The summed E-state index contributed by atoms with van der Waals surface area (Å²) in [6, 6.07) is 19.1. The van der Waals surface area contributed by atoms with Gasteiger partial charge in [0.2, 0.25) is 0 Å².